The molecular weight excluding hydrogens is 515 g/mol. The van der Waals surface area contributed by atoms with Crippen LogP contribution in [0.2, 0.25) is 10.0 Å². The van der Waals surface area contributed by atoms with Gasteiger partial charge in [0.05, 0.1) is 28.5 Å². The fourth-order valence-corrected chi connectivity index (χ4v) is 6.20. The van der Waals surface area contributed by atoms with Crippen molar-refractivity contribution in [2.24, 2.45) is 0 Å². The maximum atomic E-state index is 10.4. The molecule has 3 heterocycles. The van der Waals surface area contributed by atoms with Gasteiger partial charge in [0.1, 0.15) is 6.33 Å². The standard InChI is InChI=1S/C31H26Cl2N4O/c32-23-8-4-7-21(13-23)30-26(17-38)24(11-12-36-30)20-9-10-27-25(14-20)29(33)28(19-5-2-1-3-6-19)31(37-27)22-15-34-18-35-16-22/h4,7-16,18-19,38H,1-3,5-6,17H2. The third-order valence-corrected chi connectivity index (χ3v) is 8.07. The van der Waals surface area contributed by atoms with E-state index in [0.29, 0.717) is 16.6 Å². The van der Waals surface area contributed by atoms with Crippen LogP contribution in [0.1, 0.15) is 49.1 Å². The Morgan fingerprint density at radius 1 is 0.842 bits per heavy atom. The first kappa shape index (κ1) is 24.9. The molecule has 0 aliphatic heterocycles. The summed E-state index contributed by atoms with van der Waals surface area (Å²) in [5, 5.41) is 12.7. The normalized spacial score (nSPS) is 14.2. The Bertz CT molecular complexity index is 1620. The van der Waals surface area contributed by atoms with E-state index in [2.05, 4.69) is 21.0 Å². The van der Waals surface area contributed by atoms with E-state index in [4.69, 9.17) is 28.2 Å². The molecule has 0 amide bonds. The van der Waals surface area contributed by atoms with Crippen LogP contribution in [0, 0.1) is 0 Å². The molecule has 0 radical (unpaired) electrons. The van der Waals surface area contributed by atoms with Crippen LogP contribution in [0.5, 0.6) is 0 Å². The first-order valence-corrected chi connectivity index (χ1v) is 13.6. The predicted octanol–water partition coefficient (Wildman–Crippen LogP) is 8.27. The number of aliphatic hydroxyl groups is 1. The molecule has 1 fully saturated rings. The minimum Gasteiger partial charge on any atom is -0.392 e. The van der Waals surface area contributed by atoms with Crippen molar-refractivity contribution in [3.05, 3.63) is 94.6 Å². The van der Waals surface area contributed by atoms with E-state index in [1.54, 1.807) is 18.6 Å². The predicted molar refractivity (Wildman–Crippen MR) is 153 cm³/mol. The lowest BCUT2D eigenvalue weighted by atomic mass is 9.82. The second kappa shape index (κ2) is 10.8. The van der Waals surface area contributed by atoms with Crippen LogP contribution in [-0.2, 0) is 6.61 Å². The van der Waals surface area contributed by atoms with E-state index >= 15 is 0 Å². The highest BCUT2D eigenvalue weighted by Crippen LogP contribution is 2.44. The third-order valence-electron chi connectivity index (χ3n) is 7.43. The first-order valence-electron chi connectivity index (χ1n) is 12.9. The van der Waals surface area contributed by atoms with Crippen LogP contribution in [0.3, 0.4) is 0 Å². The molecule has 190 valence electrons. The monoisotopic (exact) mass is 540 g/mol. The number of halogens is 2. The summed E-state index contributed by atoms with van der Waals surface area (Å²) >= 11 is 13.5. The number of aromatic nitrogens is 4. The number of hydrogen-bond acceptors (Lipinski definition) is 5. The molecule has 0 spiro atoms. The Kier molecular flexibility index (Phi) is 7.07. The van der Waals surface area contributed by atoms with Gasteiger partial charge < -0.3 is 5.11 Å². The van der Waals surface area contributed by atoms with E-state index in [-0.39, 0.29) is 6.61 Å². The number of hydrogen-bond donors (Lipinski definition) is 1. The van der Waals surface area contributed by atoms with Gasteiger partial charge in [0.25, 0.3) is 0 Å². The van der Waals surface area contributed by atoms with Crippen LogP contribution >= 0.6 is 23.2 Å². The number of rotatable bonds is 5. The zero-order chi connectivity index (χ0) is 26.1. The van der Waals surface area contributed by atoms with Gasteiger partial charge in [-0.1, -0.05) is 60.7 Å². The van der Waals surface area contributed by atoms with E-state index in [9.17, 15) is 5.11 Å². The molecule has 6 rings (SSSR count). The van der Waals surface area contributed by atoms with Crippen LogP contribution in [-0.4, -0.2) is 25.0 Å². The molecule has 0 unspecified atom stereocenters. The Balaban J connectivity index is 1.54. The highest BCUT2D eigenvalue weighted by molar-refractivity contribution is 6.36. The van der Waals surface area contributed by atoms with E-state index < -0.39 is 0 Å². The van der Waals surface area contributed by atoms with Gasteiger partial charge in [-0.2, -0.15) is 0 Å². The van der Waals surface area contributed by atoms with Crippen molar-refractivity contribution in [3.8, 4) is 33.6 Å². The van der Waals surface area contributed by atoms with Gasteiger partial charge in [0.2, 0.25) is 0 Å². The number of pyridine rings is 2. The van der Waals surface area contributed by atoms with Gasteiger partial charge in [-0.3, -0.25) is 4.98 Å². The number of aliphatic hydroxyl groups excluding tert-OH is 1. The molecule has 3 aromatic heterocycles. The number of benzene rings is 2. The summed E-state index contributed by atoms with van der Waals surface area (Å²) in [6.07, 6.45) is 12.7. The average Bonchev–Trinajstić information content (AvgIpc) is 2.97. The highest BCUT2D eigenvalue weighted by Gasteiger charge is 2.25. The second-order valence-electron chi connectivity index (χ2n) is 9.74. The Labute approximate surface area is 231 Å². The van der Waals surface area contributed by atoms with Gasteiger partial charge >= 0.3 is 0 Å². The van der Waals surface area contributed by atoms with E-state index in [1.807, 2.05) is 42.5 Å². The molecule has 1 aliphatic rings. The topological polar surface area (TPSA) is 71.8 Å². The molecule has 5 nitrogen and oxygen atoms in total. The largest absolute Gasteiger partial charge is 0.392 e. The minimum atomic E-state index is -0.157. The summed E-state index contributed by atoms with van der Waals surface area (Å²) in [5.74, 6) is 0.343. The van der Waals surface area contributed by atoms with E-state index in [0.717, 1.165) is 67.8 Å². The Morgan fingerprint density at radius 2 is 1.66 bits per heavy atom. The zero-order valence-electron chi connectivity index (χ0n) is 20.7. The first-order chi connectivity index (χ1) is 18.6. The summed E-state index contributed by atoms with van der Waals surface area (Å²) in [7, 11) is 0. The molecule has 1 saturated carbocycles. The minimum absolute atomic E-state index is 0.157. The quantitative estimate of drug-likeness (QED) is 0.243. The van der Waals surface area contributed by atoms with Crippen molar-refractivity contribution in [2.75, 3.05) is 0 Å². The summed E-state index contributed by atoms with van der Waals surface area (Å²) in [6.45, 7) is -0.157. The van der Waals surface area contributed by atoms with Gasteiger partial charge in [-0.05, 0) is 60.2 Å². The Morgan fingerprint density at radius 3 is 2.42 bits per heavy atom. The Hall–Kier alpha value is -3.38. The molecule has 1 N–H and O–H groups in total. The summed E-state index contributed by atoms with van der Waals surface area (Å²) < 4.78 is 0. The maximum Gasteiger partial charge on any atom is 0.115 e. The van der Waals surface area contributed by atoms with Crippen molar-refractivity contribution >= 4 is 34.1 Å². The highest BCUT2D eigenvalue weighted by atomic mass is 35.5. The molecule has 0 atom stereocenters. The van der Waals surface area contributed by atoms with Gasteiger partial charge in [0.15, 0.2) is 0 Å². The van der Waals surface area contributed by atoms with Gasteiger partial charge in [-0.25, -0.2) is 15.0 Å². The molecule has 5 aromatic rings. The van der Waals surface area contributed by atoms with Crippen LogP contribution in [0.4, 0.5) is 0 Å². The van der Waals surface area contributed by atoms with E-state index in [1.165, 1.54) is 25.6 Å². The van der Waals surface area contributed by atoms with Crippen LogP contribution < -0.4 is 0 Å². The molecule has 0 saturated heterocycles. The van der Waals surface area contributed by atoms with Crippen molar-refractivity contribution in [1.29, 1.82) is 0 Å². The molecule has 0 bridgehead atoms. The second-order valence-corrected chi connectivity index (χ2v) is 10.6. The molecule has 2 aromatic carbocycles. The summed E-state index contributed by atoms with van der Waals surface area (Å²) in [5.41, 5.74) is 7.79. The SMILES string of the molecule is OCc1c(-c2ccc3nc(-c4cncnc4)c(C4CCCCC4)c(Cl)c3c2)ccnc1-c1cccc(Cl)c1. The summed E-state index contributed by atoms with van der Waals surface area (Å²) in [6, 6.07) is 15.5. The maximum absolute atomic E-state index is 10.4. The summed E-state index contributed by atoms with van der Waals surface area (Å²) in [4.78, 5) is 18.1. The number of nitrogens with zero attached hydrogens (tertiary/aromatic N) is 4. The lowest BCUT2D eigenvalue weighted by Crippen LogP contribution is -2.09. The van der Waals surface area contributed by atoms with Crippen molar-refractivity contribution < 1.29 is 5.11 Å². The van der Waals surface area contributed by atoms with Crippen molar-refractivity contribution in [3.63, 3.8) is 0 Å². The average molecular weight is 541 g/mol. The molecule has 38 heavy (non-hydrogen) atoms. The third kappa shape index (κ3) is 4.66. The zero-order valence-corrected chi connectivity index (χ0v) is 22.3. The lowest BCUT2D eigenvalue weighted by Gasteiger charge is -2.26. The fourth-order valence-electron chi connectivity index (χ4n) is 5.62. The molecule has 1 aliphatic carbocycles. The van der Waals surface area contributed by atoms with Gasteiger partial charge in [-0.15, -0.1) is 0 Å². The smallest absolute Gasteiger partial charge is 0.115 e. The number of fused-ring (bicyclic) bond motifs is 1. The lowest BCUT2D eigenvalue weighted by molar-refractivity contribution is 0.282. The van der Waals surface area contributed by atoms with Crippen molar-refractivity contribution in [2.45, 2.75) is 44.6 Å². The fraction of sp³-hybridized carbons (Fsp3) is 0.226. The van der Waals surface area contributed by atoms with Crippen LogP contribution in [0.15, 0.2) is 73.4 Å². The molecule has 7 heteroatoms. The van der Waals surface area contributed by atoms with Crippen LogP contribution in [0.25, 0.3) is 44.5 Å². The molecular formula is C31H26Cl2N4O. The van der Waals surface area contributed by atoms with Crippen molar-refractivity contribution in [1.82, 2.24) is 19.9 Å². The van der Waals surface area contributed by atoms with Gasteiger partial charge in [0, 0.05) is 51.3 Å².